The molecule has 1 aliphatic rings. The van der Waals surface area contributed by atoms with Crippen molar-refractivity contribution in [2.24, 2.45) is 4.99 Å². The monoisotopic (exact) mass is 429 g/mol. The second-order valence-electron chi connectivity index (χ2n) is 7.72. The summed E-state index contributed by atoms with van der Waals surface area (Å²) >= 11 is 0. The molecule has 0 aliphatic carbocycles. The van der Waals surface area contributed by atoms with Gasteiger partial charge in [-0.2, -0.15) is 0 Å². The third kappa shape index (κ3) is 5.82. The van der Waals surface area contributed by atoms with Crippen molar-refractivity contribution >= 4 is 12.0 Å². The van der Waals surface area contributed by atoms with E-state index in [0.29, 0.717) is 6.54 Å². The number of aromatic nitrogens is 3. The minimum atomic E-state index is 0.483. The summed E-state index contributed by atoms with van der Waals surface area (Å²) in [5.74, 6) is 1.77. The fraction of sp³-hybridized carbons (Fsp3) is 0.320. The zero-order valence-corrected chi connectivity index (χ0v) is 18.6. The molecule has 0 saturated carbocycles. The van der Waals surface area contributed by atoms with Crippen molar-refractivity contribution < 1.29 is 0 Å². The summed E-state index contributed by atoms with van der Waals surface area (Å²) in [5.41, 5.74) is 2.29. The van der Waals surface area contributed by atoms with Crippen LogP contribution in [0.2, 0.25) is 0 Å². The Bertz CT molecular complexity index is 1000. The van der Waals surface area contributed by atoms with Gasteiger partial charge in [-0.3, -0.25) is 9.47 Å². The van der Waals surface area contributed by atoms with E-state index in [1.165, 1.54) is 5.56 Å². The number of para-hydroxylation sites is 1. The summed E-state index contributed by atoms with van der Waals surface area (Å²) in [5, 5.41) is 11.8. The number of piperazine rings is 1. The summed E-state index contributed by atoms with van der Waals surface area (Å²) in [4.78, 5) is 9.68. The molecule has 4 rings (SSSR count). The quantitative estimate of drug-likeness (QED) is 0.462. The zero-order valence-electron chi connectivity index (χ0n) is 18.6. The topological polar surface area (TPSA) is 61.6 Å². The number of benzene rings is 2. The maximum Gasteiger partial charge on any atom is 0.194 e. The van der Waals surface area contributed by atoms with E-state index in [0.717, 1.165) is 56.7 Å². The standard InChI is InChI=1S/C25H31N7/c1-2-26-25(27-20-24-29-28-21-32(24)23-13-7-4-8-14-23)31-18-16-30(17-19-31)15-9-12-22-10-5-3-6-11-22/h3-14,21H,2,15-20H2,1H3,(H,26,27)/b12-9+. The van der Waals surface area contributed by atoms with Crippen molar-refractivity contribution in [3.05, 3.63) is 84.5 Å². The molecule has 1 N–H and O–H groups in total. The van der Waals surface area contributed by atoms with Gasteiger partial charge >= 0.3 is 0 Å². The average Bonchev–Trinajstić information content (AvgIpc) is 3.32. The van der Waals surface area contributed by atoms with Gasteiger partial charge in [0, 0.05) is 45.0 Å². The van der Waals surface area contributed by atoms with E-state index < -0.39 is 0 Å². The third-order valence-corrected chi connectivity index (χ3v) is 5.50. The van der Waals surface area contributed by atoms with Gasteiger partial charge in [0.05, 0.1) is 0 Å². The van der Waals surface area contributed by atoms with Crippen LogP contribution >= 0.6 is 0 Å². The second-order valence-corrected chi connectivity index (χ2v) is 7.72. The lowest BCUT2D eigenvalue weighted by molar-refractivity contribution is 0.194. The number of nitrogens with one attached hydrogen (secondary N) is 1. The third-order valence-electron chi connectivity index (χ3n) is 5.50. The molecule has 0 radical (unpaired) electrons. The molecule has 3 aromatic rings. The molecule has 32 heavy (non-hydrogen) atoms. The second kappa shape index (κ2) is 11.2. The van der Waals surface area contributed by atoms with E-state index >= 15 is 0 Å². The Morgan fingerprint density at radius 3 is 2.44 bits per heavy atom. The number of rotatable bonds is 7. The maximum absolute atomic E-state index is 4.87. The minimum Gasteiger partial charge on any atom is -0.357 e. The van der Waals surface area contributed by atoms with Gasteiger partial charge in [-0.05, 0) is 24.6 Å². The van der Waals surface area contributed by atoms with Crippen LogP contribution in [0.15, 0.2) is 78.1 Å². The van der Waals surface area contributed by atoms with Crippen molar-refractivity contribution in [2.75, 3.05) is 39.3 Å². The van der Waals surface area contributed by atoms with E-state index in [2.05, 4.69) is 68.7 Å². The van der Waals surface area contributed by atoms with Gasteiger partial charge in [-0.1, -0.05) is 60.7 Å². The van der Waals surface area contributed by atoms with Crippen molar-refractivity contribution in [3.63, 3.8) is 0 Å². The molecule has 2 heterocycles. The molecule has 166 valence electrons. The van der Waals surface area contributed by atoms with Gasteiger partial charge < -0.3 is 10.2 Å². The Morgan fingerprint density at radius 1 is 1.00 bits per heavy atom. The number of hydrogen-bond donors (Lipinski definition) is 1. The van der Waals surface area contributed by atoms with Gasteiger partial charge in [-0.25, -0.2) is 4.99 Å². The first-order valence-corrected chi connectivity index (χ1v) is 11.2. The predicted molar refractivity (Wildman–Crippen MR) is 130 cm³/mol. The van der Waals surface area contributed by atoms with E-state index in [4.69, 9.17) is 4.99 Å². The normalized spacial score (nSPS) is 15.4. The first kappa shape index (κ1) is 21.8. The molecule has 1 saturated heterocycles. The Balaban J connectivity index is 1.33. The van der Waals surface area contributed by atoms with E-state index in [1.807, 2.05) is 41.0 Å². The van der Waals surface area contributed by atoms with Crippen molar-refractivity contribution in [1.29, 1.82) is 0 Å². The van der Waals surface area contributed by atoms with E-state index in [9.17, 15) is 0 Å². The molecule has 1 aromatic heterocycles. The van der Waals surface area contributed by atoms with Gasteiger partial charge in [-0.15, -0.1) is 10.2 Å². The molecule has 0 spiro atoms. The van der Waals surface area contributed by atoms with Gasteiger partial charge in [0.15, 0.2) is 11.8 Å². The summed E-state index contributed by atoms with van der Waals surface area (Å²) in [6.07, 6.45) is 6.19. The number of nitrogens with zero attached hydrogens (tertiary/aromatic N) is 6. The van der Waals surface area contributed by atoms with Gasteiger partial charge in [0.1, 0.15) is 12.9 Å². The highest BCUT2D eigenvalue weighted by atomic mass is 15.4. The number of aliphatic imine (C=N–C) groups is 1. The van der Waals surface area contributed by atoms with Crippen LogP contribution in [-0.2, 0) is 6.54 Å². The average molecular weight is 430 g/mol. The highest BCUT2D eigenvalue weighted by Crippen LogP contribution is 2.10. The Morgan fingerprint density at radius 2 is 1.72 bits per heavy atom. The lowest BCUT2D eigenvalue weighted by Crippen LogP contribution is -2.52. The molecule has 1 fully saturated rings. The molecule has 0 bridgehead atoms. The highest BCUT2D eigenvalue weighted by molar-refractivity contribution is 5.80. The molecule has 7 heteroatoms. The maximum atomic E-state index is 4.87. The van der Waals surface area contributed by atoms with Crippen LogP contribution in [0.1, 0.15) is 18.3 Å². The van der Waals surface area contributed by atoms with Crippen LogP contribution in [-0.4, -0.2) is 69.8 Å². The molecule has 1 aliphatic heterocycles. The fourth-order valence-corrected chi connectivity index (χ4v) is 3.79. The first-order chi connectivity index (χ1) is 15.8. The largest absolute Gasteiger partial charge is 0.357 e. The SMILES string of the molecule is CCNC(=NCc1nncn1-c1ccccc1)N1CCN(C/C=C/c2ccccc2)CC1. The lowest BCUT2D eigenvalue weighted by Gasteiger charge is -2.36. The molecule has 0 unspecified atom stereocenters. The summed E-state index contributed by atoms with van der Waals surface area (Å²) in [7, 11) is 0. The summed E-state index contributed by atoms with van der Waals surface area (Å²) < 4.78 is 1.99. The Labute approximate surface area is 190 Å². The number of guanidine groups is 1. The first-order valence-electron chi connectivity index (χ1n) is 11.2. The molecule has 0 atom stereocenters. The van der Waals surface area contributed by atoms with E-state index in [1.54, 1.807) is 6.33 Å². The molecule has 2 aromatic carbocycles. The van der Waals surface area contributed by atoms with Crippen LogP contribution in [0.3, 0.4) is 0 Å². The van der Waals surface area contributed by atoms with E-state index in [-0.39, 0.29) is 0 Å². The highest BCUT2D eigenvalue weighted by Gasteiger charge is 2.19. The van der Waals surface area contributed by atoms with Crippen molar-refractivity contribution in [1.82, 2.24) is 29.9 Å². The van der Waals surface area contributed by atoms with Crippen LogP contribution in [0, 0.1) is 0 Å². The lowest BCUT2D eigenvalue weighted by atomic mass is 10.2. The molecule has 0 amide bonds. The smallest absolute Gasteiger partial charge is 0.194 e. The predicted octanol–water partition coefficient (Wildman–Crippen LogP) is 3.06. The minimum absolute atomic E-state index is 0.483. The van der Waals surface area contributed by atoms with Crippen LogP contribution in [0.4, 0.5) is 0 Å². The molecular formula is C25H31N7. The van der Waals surface area contributed by atoms with Crippen molar-refractivity contribution in [3.8, 4) is 5.69 Å². The molecule has 7 nitrogen and oxygen atoms in total. The van der Waals surface area contributed by atoms with Crippen molar-refractivity contribution in [2.45, 2.75) is 13.5 Å². The summed E-state index contributed by atoms with van der Waals surface area (Å²) in [6.45, 7) is 8.34. The number of hydrogen-bond acceptors (Lipinski definition) is 4. The van der Waals surface area contributed by atoms with Gasteiger partial charge in [0.2, 0.25) is 0 Å². The summed E-state index contributed by atoms with van der Waals surface area (Å²) in [6, 6.07) is 20.6. The Kier molecular flexibility index (Phi) is 7.65. The van der Waals surface area contributed by atoms with Crippen LogP contribution < -0.4 is 5.32 Å². The Hall–Kier alpha value is -3.45. The zero-order chi connectivity index (χ0) is 22.0. The molecular weight excluding hydrogens is 398 g/mol. The van der Waals surface area contributed by atoms with Crippen LogP contribution in [0.5, 0.6) is 0 Å². The van der Waals surface area contributed by atoms with Crippen LogP contribution in [0.25, 0.3) is 11.8 Å². The fourth-order valence-electron chi connectivity index (χ4n) is 3.79. The van der Waals surface area contributed by atoms with Gasteiger partial charge in [0.25, 0.3) is 0 Å².